The summed E-state index contributed by atoms with van der Waals surface area (Å²) < 4.78 is 5.41. The molecule has 0 spiro atoms. The fraction of sp³-hybridized carbons (Fsp3) is 0.273. The summed E-state index contributed by atoms with van der Waals surface area (Å²) in [5.41, 5.74) is 7.66. The van der Waals surface area contributed by atoms with Crippen LogP contribution in [0.5, 0.6) is 0 Å². The molecule has 0 aliphatic carbocycles. The van der Waals surface area contributed by atoms with Gasteiger partial charge in [-0.3, -0.25) is 4.79 Å². The van der Waals surface area contributed by atoms with E-state index in [4.69, 9.17) is 10.2 Å². The number of nitrogens with zero attached hydrogens (tertiary/aromatic N) is 1. The third-order valence-corrected chi connectivity index (χ3v) is 2.19. The first kappa shape index (κ1) is 10.6. The maximum absolute atomic E-state index is 10.5. The number of nitrogens with one attached hydrogen (secondary N) is 1. The van der Waals surface area contributed by atoms with Crippen LogP contribution in [-0.2, 0) is 11.3 Å². The molecule has 84 valence electrons. The molecule has 1 aromatic heterocycles. The van der Waals surface area contributed by atoms with Gasteiger partial charge in [0, 0.05) is 13.5 Å². The highest BCUT2D eigenvalue weighted by Gasteiger charge is 2.03. The van der Waals surface area contributed by atoms with Gasteiger partial charge in [0.15, 0.2) is 11.5 Å². The molecule has 1 amide bonds. The predicted molar refractivity (Wildman–Crippen MR) is 59.6 cm³/mol. The second kappa shape index (κ2) is 4.32. The van der Waals surface area contributed by atoms with E-state index in [0.717, 1.165) is 16.7 Å². The Kier molecular flexibility index (Phi) is 2.87. The normalized spacial score (nSPS) is 10.8. The van der Waals surface area contributed by atoms with E-state index >= 15 is 0 Å². The molecule has 0 aliphatic rings. The number of oxazole rings is 1. The summed E-state index contributed by atoms with van der Waals surface area (Å²) in [5.74, 6) is 0.286. The molecule has 0 saturated carbocycles. The zero-order valence-corrected chi connectivity index (χ0v) is 8.99. The average molecular weight is 219 g/mol. The van der Waals surface area contributed by atoms with Gasteiger partial charge >= 0.3 is 0 Å². The van der Waals surface area contributed by atoms with Crippen molar-refractivity contribution in [3.8, 4) is 0 Å². The molecule has 2 aromatic rings. The van der Waals surface area contributed by atoms with Gasteiger partial charge in [-0.1, -0.05) is 6.07 Å². The molecular formula is C11H13N3O2. The lowest BCUT2D eigenvalue weighted by Gasteiger charge is -2.01. The van der Waals surface area contributed by atoms with Crippen LogP contribution in [0.2, 0.25) is 0 Å². The highest BCUT2D eigenvalue weighted by Crippen LogP contribution is 2.16. The fourth-order valence-electron chi connectivity index (χ4n) is 1.52. The van der Waals surface area contributed by atoms with Crippen LogP contribution < -0.4 is 11.1 Å². The van der Waals surface area contributed by atoms with Crippen molar-refractivity contribution in [1.29, 1.82) is 0 Å². The summed E-state index contributed by atoms with van der Waals surface area (Å²) in [5, 5.41) is 2.94. The van der Waals surface area contributed by atoms with Crippen molar-refractivity contribution in [2.75, 3.05) is 6.54 Å². The number of primary amides is 1. The summed E-state index contributed by atoms with van der Waals surface area (Å²) in [4.78, 5) is 14.7. The third kappa shape index (κ3) is 2.38. The number of aromatic nitrogens is 1. The highest BCUT2D eigenvalue weighted by atomic mass is 16.3. The molecule has 5 nitrogen and oxygen atoms in total. The SMILES string of the molecule is Cc1nc2ccc(CNCC(N)=O)cc2o1. The molecular weight excluding hydrogens is 206 g/mol. The second-order valence-electron chi connectivity index (χ2n) is 3.60. The van der Waals surface area contributed by atoms with Crippen LogP contribution in [0.1, 0.15) is 11.5 Å². The van der Waals surface area contributed by atoms with E-state index < -0.39 is 0 Å². The quantitative estimate of drug-likeness (QED) is 0.793. The van der Waals surface area contributed by atoms with Gasteiger partial charge in [0.05, 0.1) is 6.54 Å². The van der Waals surface area contributed by atoms with Gasteiger partial charge in [0.1, 0.15) is 5.52 Å². The first-order chi connectivity index (χ1) is 7.65. The smallest absolute Gasteiger partial charge is 0.231 e. The first-order valence-corrected chi connectivity index (χ1v) is 5.00. The van der Waals surface area contributed by atoms with Crippen LogP contribution in [0.4, 0.5) is 0 Å². The number of rotatable bonds is 4. The standard InChI is InChI=1S/C11H13N3O2/c1-7-14-9-3-2-8(4-10(9)16-7)5-13-6-11(12)15/h2-4,13H,5-6H2,1H3,(H2,12,15). The van der Waals surface area contributed by atoms with Gasteiger partial charge in [-0.25, -0.2) is 4.98 Å². The maximum Gasteiger partial charge on any atom is 0.231 e. The highest BCUT2D eigenvalue weighted by molar-refractivity contribution is 5.76. The van der Waals surface area contributed by atoms with E-state index in [1.165, 1.54) is 0 Å². The lowest BCUT2D eigenvalue weighted by molar-refractivity contribution is -0.117. The number of carbonyl (C=O) groups is 1. The van der Waals surface area contributed by atoms with Gasteiger partial charge < -0.3 is 15.5 Å². The Morgan fingerprint density at radius 2 is 2.38 bits per heavy atom. The Bertz CT molecular complexity index is 519. The summed E-state index contributed by atoms with van der Waals surface area (Å²) >= 11 is 0. The van der Waals surface area contributed by atoms with E-state index in [1.807, 2.05) is 25.1 Å². The molecule has 16 heavy (non-hydrogen) atoms. The number of fused-ring (bicyclic) bond motifs is 1. The number of hydrogen-bond acceptors (Lipinski definition) is 4. The van der Waals surface area contributed by atoms with Crippen molar-refractivity contribution in [2.24, 2.45) is 5.73 Å². The van der Waals surface area contributed by atoms with Crippen LogP contribution in [0.25, 0.3) is 11.1 Å². The number of nitrogens with two attached hydrogens (primary N) is 1. The summed E-state index contributed by atoms with van der Waals surface area (Å²) in [6.45, 7) is 2.57. The number of carbonyl (C=O) groups excluding carboxylic acids is 1. The van der Waals surface area contributed by atoms with Gasteiger partial charge in [0.25, 0.3) is 0 Å². The number of amides is 1. The largest absolute Gasteiger partial charge is 0.441 e. The zero-order valence-electron chi connectivity index (χ0n) is 8.99. The van der Waals surface area contributed by atoms with Crippen molar-refractivity contribution in [3.63, 3.8) is 0 Å². The van der Waals surface area contributed by atoms with Crippen LogP contribution in [0, 0.1) is 6.92 Å². The molecule has 0 aliphatic heterocycles. The number of hydrogen-bond donors (Lipinski definition) is 2. The van der Waals surface area contributed by atoms with Crippen LogP contribution >= 0.6 is 0 Å². The number of benzene rings is 1. The van der Waals surface area contributed by atoms with Gasteiger partial charge in [0.2, 0.25) is 5.91 Å². The molecule has 0 fully saturated rings. The van der Waals surface area contributed by atoms with Crippen molar-refractivity contribution in [2.45, 2.75) is 13.5 Å². The molecule has 0 unspecified atom stereocenters. The lowest BCUT2D eigenvalue weighted by Crippen LogP contribution is -2.28. The summed E-state index contributed by atoms with van der Waals surface area (Å²) in [6, 6.07) is 5.74. The monoisotopic (exact) mass is 219 g/mol. The first-order valence-electron chi connectivity index (χ1n) is 5.00. The summed E-state index contributed by atoms with van der Waals surface area (Å²) in [7, 11) is 0. The Balaban J connectivity index is 2.10. The van der Waals surface area contributed by atoms with Crippen molar-refractivity contribution >= 4 is 17.0 Å². The molecule has 0 bridgehead atoms. The van der Waals surface area contributed by atoms with Gasteiger partial charge in [-0.15, -0.1) is 0 Å². The predicted octanol–water partition coefficient (Wildman–Crippen LogP) is 0.711. The molecule has 1 heterocycles. The third-order valence-electron chi connectivity index (χ3n) is 2.19. The van der Waals surface area contributed by atoms with E-state index in [-0.39, 0.29) is 12.5 Å². The zero-order chi connectivity index (χ0) is 11.5. The maximum atomic E-state index is 10.5. The second-order valence-corrected chi connectivity index (χ2v) is 3.60. The molecule has 3 N–H and O–H groups in total. The number of aryl methyl sites for hydroxylation is 1. The Morgan fingerprint density at radius 3 is 3.12 bits per heavy atom. The molecule has 0 saturated heterocycles. The van der Waals surface area contributed by atoms with Gasteiger partial charge in [-0.2, -0.15) is 0 Å². The topological polar surface area (TPSA) is 81.1 Å². The molecule has 2 rings (SSSR count). The lowest BCUT2D eigenvalue weighted by atomic mass is 10.2. The average Bonchev–Trinajstić information content (AvgIpc) is 2.56. The fourth-order valence-corrected chi connectivity index (χ4v) is 1.52. The van der Waals surface area contributed by atoms with Crippen molar-refractivity contribution in [3.05, 3.63) is 29.7 Å². The Morgan fingerprint density at radius 1 is 1.56 bits per heavy atom. The van der Waals surface area contributed by atoms with Gasteiger partial charge in [-0.05, 0) is 17.7 Å². The van der Waals surface area contributed by atoms with Crippen LogP contribution in [0.3, 0.4) is 0 Å². The van der Waals surface area contributed by atoms with Crippen molar-refractivity contribution in [1.82, 2.24) is 10.3 Å². The molecule has 5 heteroatoms. The molecule has 0 radical (unpaired) electrons. The van der Waals surface area contributed by atoms with E-state index in [2.05, 4.69) is 10.3 Å². The van der Waals surface area contributed by atoms with E-state index in [1.54, 1.807) is 0 Å². The van der Waals surface area contributed by atoms with E-state index in [0.29, 0.717) is 12.4 Å². The Hall–Kier alpha value is -1.88. The van der Waals surface area contributed by atoms with Crippen LogP contribution in [0.15, 0.2) is 22.6 Å². The van der Waals surface area contributed by atoms with Crippen molar-refractivity contribution < 1.29 is 9.21 Å². The minimum atomic E-state index is -0.364. The molecule has 1 aromatic carbocycles. The Labute approximate surface area is 92.6 Å². The molecule has 0 atom stereocenters. The minimum absolute atomic E-state index is 0.174. The van der Waals surface area contributed by atoms with Crippen LogP contribution in [-0.4, -0.2) is 17.4 Å². The van der Waals surface area contributed by atoms with E-state index in [9.17, 15) is 4.79 Å². The minimum Gasteiger partial charge on any atom is -0.441 e. The summed E-state index contributed by atoms with van der Waals surface area (Å²) in [6.07, 6.45) is 0.